The molecule has 2 aromatic heterocycles. The van der Waals surface area contributed by atoms with Crippen molar-refractivity contribution in [3.05, 3.63) is 40.6 Å². The smallest absolute Gasteiger partial charge is 0.339 e. The molecule has 0 aliphatic rings. The minimum absolute atomic E-state index is 0.274. The van der Waals surface area contributed by atoms with Crippen LogP contribution in [0.15, 0.2) is 19.7 Å². The average Bonchev–Trinajstić information content (AvgIpc) is 2.91. The summed E-state index contributed by atoms with van der Waals surface area (Å²) in [4.78, 5) is 23.2. The first-order chi connectivity index (χ1) is 9.76. The summed E-state index contributed by atoms with van der Waals surface area (Å²) >= 11 is 9.46. The Hall–Kier alpha value is -0.700. The van der Waals surface area contributed by atoms with Gasteiger partial charge < -0.3 is 9.84 Å². The molecule has 0 aromatic carbocycles. The van der Waals surface area contributed by atoms with Gasteiger partial charge >= 0.3 is 11.9 Å². The molecule has 0 aliphatic heterocycles. The number of carbonyl (C=O) groups is 2. The maximum atomic E-state index is 11.0. The van der Waals surface area contributed by atoms with Crippen molar-refractivity contribution in [2.75, 3.05) is 7.11 Å². The van der Waals surface area contributed by atoms with E-state index in [1.54, 1.807) is 19.1 Å². The molecule has 21 heavy (non-hydrogen) atoms. The lowest BCUT2D eigenvalue weighted by Gasteiger charge is -1.94. The van der Waals surface area contributed by atoms with Gasteiger partial charge in [0.1, 0.15) is 0 Å². The van der Waals surface area contributed by atoms with E-state index in [0.29, 0.717) is 11.1 Å². The Balaban J connectivity index is 0.000000211. The molecule has 0 fully saturated rings. The highest BCUT2D eigenvalue weighted by Gasteiger charge is 2.11. The first-order valence-electron chi connectivity index (χ1n) is 5.59. The number of halogens is 2. The number of aromatic carboxylic acids is 1. The molecule has 0 radical (unpaired) electrons. The van der Waals surface area contributed by atoms with Crippen LogP contribution in [0, 0.1) is 13.8 Å². The van der Waals surface area contributed by atoms with Crippen molar-refractivity contribution in [1.82, 2.24) is 0 Å². The van der Waals surface area contributed by atoms with Crippen LogP contribution in [0.4, 0.5) is 0 Å². The number of esters is 1. The Labute approximate surface area is 147 Å². The van der Waals surface area contributed by atoms with E-state index in [-0.39, 0.29) is 5.97 Å². The third-order valence-corrected chi connectivity index (χ3v) is 5.52. The van der Waals surface area contributed by atoms with Gasteiger partial charge in [-0.1, -0.05) is 0 Å². The van der Waals surface area contributed by atoms with Crippen molar-refractivity contribution in [2.45, 2.75) is 13.8 Å². The number of carboxylic acid groups (broad SMARTS) is 1. The Morgan fingerprint density at radius 3 is 1.71 bits per heavy atom. The topological polar surface area (TPSA) is 63.6 Å². The van der Waals surface area contributed by atoms with Gasteiger partial charge in [-0.3, -0.25) is 0 Å². The van der Waals surface area contributed by atoms with Crippen LogP contribution >= 0.6 is 54.5 Å². The molecule has 2 heterocycles. The molecule has 114 valence electrons. The number of rotatable bonds is 2. The summed E-state index contributed by atoms with van der Waals surface area (Å²) in [6, 6.07) is 3.38. The van der Waals surface area contributed by atoms with Gasteiger partial charge in [0.05, 0.1) is 25.8 Å². The van der Waals surface area contributed by atoms with Gasteiger partial charge in [-0.05, 0) is 57.8 Å². The van der Waals surface area contributed by atoms with E-state index in [9.17, 15) is 9.59 Å². The summed E-state index contributed by atoms with van der Waals surface area (Å²) in [6.45, 7) is 3.68. The Kier molecular flexibility index (Phi) is 7.05. The van der Waals surface area contributed by atoms with E-state index in [2.05, 4.69) is 36.6 Å². The lowest BCUT2D eigenvalue weighted by Crippen LogP contribution is -2.00. The van der Waals surface area contributed by atoms with E-state index >= 15 is 0 Å². The molecule has 0 aliphatic carbocycles. The molecular weight excluding hydrogens is 444 g/mol. The molecule has 2 rings (SSSR count). The molecule has 0 spiro atoms. The highest BCUT2D eigenvalue weighted by molar-refractivity contribution is 9.11. The van der Waals surface area contributed by atoms with Gasteiger partial charge in [-0.15, -0.1) is 22.7 Å². The van der Waals surface area contributed by atoms with Crippen LogP contribution in [-0.2, 0) is 4.74 Å². The Morgan fingerprint density at radius 2 is 1.48 bits per heavy atom. The number of hydrogen-bond donors (Lipinski definition) is 1. The highest BCUT2D eigenvalue weighted by Crippen LogP contribution is 2.27. The molecule has 8 heteroatoms. The predicted molar refractivity (Wildman–Crippen MR) is 91.8 cm³/mol. The summed E-state index contributed by atoms with van der Waals surface area (Å²) in [5, 5.41) is 8.56. The summed E-state index contributed by atoms with van der Waals surface area (Å²) in [5.41, 5.74) is 1.03. The molecule has 0 bridgehead atoms. The summed E-state index contributed by atoms with van der Waals surface area (Å²) in [7, 11) is 1.38. The van der Waals surface area contributed by atoms with E-state index in [1.165, 1.54) is 29.8 Å². The van der Waals surface area contributed by atoms with Crippen LogP contribution in [0.25, 0.3) is 0 Å². The zero-order valence-electron chi connectivity index (χ0n) is 11.4. The number of carboxylic acids is 1. The van der Waals surface area contributed by atoms with Crippen LogP contribution in [0.3, 0.4) is 0 Å². The number of aryl methyl sites for hydroxylation is 2. The quantitative estimate of drug-likeness (QED) is 0.638. The second kappa shape index (κ2) is 8.07. The molecular formula is C13H12Br2O4S2. The predicted octanol–water partition coefficient (Wildman–Crippen LogP) is 5.12. The highest BCUT2D eigenvalue weighted by atomic mass is 79.9. The lowest BCUT2D eigenvalue weighted by atomic mass is 10.3. The van der Waals surface area contributed by atoms with Gasteiger partial charge in [0.15, 0.2) is 0 Å². The van der Waals surface area contributed by atoms with Crippen LogP contribution in [0.5, 0.6) is 0 Å². The maximum Gasteiger partial charge on any atom is 0.339 e. The van der Waals surface area contributed by atoms with Gasteiger partial charge in [0, 0.05) is 9.75 Å². The minimum atomic E-state index is -0.862. The first-order valence-corrected chi connectivity index (χ1v) is 8.81. The maximum absolute atomic E-state index is 11.0. The van der Waals surface area contributed by atoms with Crippen LogP contribution in [-0.4, -0.2) is 24.2 Å². The monoisotopic (exact) mass is 454 g/mol. The molecule has 0 unspecified atom stereocenters. The summed E-state index contributed by atoms with van der Waals surface area (Å²) in [6.07, 6.45) is 0. The fourth-order valence-corrected chi connectivity index (χ4v) is 4.78. The number of carbonyl (C=O) groups excluding carboxylic acids is 1. The van der Waals surface area contributed by atoms with Crippen molar-refractivity contribution in [2.24, 2.45) is 0 Å². The third-order valence-electron chi connectivity index (χ3n) is 2.41. The van der Waals surface area contributed by atoms with Crippen LogP contribution in [0.2, 0.25) is 0 Å². The molecule has 0 amide bonds. The van der Waals surface area contributed by atoms with E-state index in [0.717, 1.165) is 17.3 Å². The zero-order valence-corrected chi connectivity index (χ0v) is 16.2. The van der Waals surface area contributed by atoms with Crippen molar-refractivity contribution < 1.29 is 19.4 Å². The van der Waals surface area contributed by atoms with Crippen LogP contribution in [0.1, 0.15) is 30.5 Å². The zero-order chi connectivity index (χ0) is 16.2. The molecule has 1 N–H and O–H groups in total. The molecule has 0 saturated heterocycles. The van der Waals surface area contributed by atoms with Crippen molar-refractivity contribution in [3.63, 3.8) is 0 Å². The number of ether oxygens (including phenoxy) is 1. The second-order valence-electron chi connectivity index (χ2n) is 3.84. The van der Waals surface area contributed by atoms with Crippen molar-refractivity contribution >= 4 is 66.5 Å². The normalized spacial score (nSPS) is 9.76. The van der Waals surface area contributed by atoms with Crippen molar-refractivity contribution in [1.29, 1.82) is 0 Å². The molecule has 0 atom stereocenters. The van der Waals surface area contributed by atoms with Gasteiger partial charge in [-0.25, -0.2) is 9.59 Å². The largest absolute Gasteiger partial charge is 0.478 e. The Bertz CT molecular complexity index is 661. The number of hydrogen-bond acceptors (Lipinski definition) is 5. The van der Waals surface area contributed by atoms with Gasteiger partial charge in [0.25, 0.3) is 0 Å². The van der Waals surface area contributed by atoms with Gasteiger partial charge in [-0.2, -0.15) is 0 Å². The standard InChI is InChI=1S/C7H7BrO2S.C6H5BrO2S/c1-4-5(7(9)10-2)3-6(8)11-4;1-3-4(6(8)9)2-5(7)10-3/h3H,1-2H3;2H,1H3,(H,8,9). The molecule has 4 nitrogen and oxygen atoms in total. The van der Waals surface area contributed by atoms with E-state index in [4.69, 9.17) is 5.11 Å². The fraction of sp³-hybridized carbons (Fsp3) is 0.231. The minimum Gasteiger partial charge on any atom is -0.478 e. The average molecular weight is 456 g/mol. The van der Waals surface area contributed by atoms with E-state index in [1.807, 2.05) is 6.92 Å². The number of methoxy groups -OCH3 is 1. The lowest BCUT2D eigenvalue weighted by molar-refractivity contribution is 0.0599. The molecule has 2 aromatic rings. The SMILES string of the molecule is COC(=O)c1cc(Br)sc1C.Cc1sc(Br)cc1C(=O)O. The number of thiophene rings is 2. The first kappa shape index (κ1) is 18.3. The molecule has 0 saturated carbocycles. The third kappa shape index (κ3) is 5.21. The van der Waals surface area contributed by atoms with Gasteiger partial charge in [0.2, 0.25) is 0 Å². The fourth-order valence-electron chi connectivity index (χ4n) is 1.42. The van der Waals surface area contributed by atoms with Crippen LogP contribution < -0.4 is 0 Å². The second-order valence-corrected chi connectivity index (χ2v) is 9.11. The Morgan fingerprint density at radius 1 is 1.05 bits per heavy atom. The van der Waals surface area contributed by atoms with Crippen molar-refractivity contribution in [3.8, 4) is 0 Å². The summed E-state index contributed by atoms with van der Waals surface area (Å²) in [5.74, 6) is -1.14. The van der Waals surface area contributed by atoms with E-state index < -0.39 is 5.97 Å². The summed E-state index contributed by atoms with van der Waals surface area (Å²) < 4.78 is 6.39.